The fourth-order valence-corrected chi connectivity index (χ4v) is 2.23. The van der Waals surface area contributed by atoms with Gasteiger partial charge in [-0.2, -0.15) is 0 Å². The van der Waals surface area contributed by atoms with Crippen molar-refractivity contribution in [2.45, 2.75) is 65.2 Å². The Hall–Kier alpha value is -1.95. The van der Waals surface area contributed by atoms with Gasteiger partial charge in [0, 0.05) is 17.1 Å². The van der Waals surface area contributed by atoms with Gasteiger partial charge < -0.3 is 20.5 Å². The minimum absolute atomic E-state index is 0.160. The zero-order valence-electron chi connectivity index (χ0n) is 15.6. The summed E-state index contributed by atoms with van der Waals surface area (Å²) < 4.78 is 10.6. The molecule has 7 heteroatoms. The minimum atomic E-state index is -0.935. The molecule has 0 unspecified atom stereocenters. The summed E-state index contributed by atoms with van der Waals surface area (Å²) in [6, 6.07) is 4.05. The summed E-state index contributed by atoms with van der Waals surface area (Å²) in [5.41, 5.74) is 5.51. The Morgan fingerprint density at radius 1 is 1.12 bits per heavy atom. The highest BCUT2D eigenvalue weighted by atomic mass is 35.5. The van der Waals surface area contributed by atoms with E-state index in [4.69, 9.17) is 26.8 Å². The number of benzene rings is 1. The number of carbonyl (C=O) groups excluding carboxylic acids is 2. The number of nitrogens with one attached hydrogen (secondary N) is 1. The molecule has 1 atom stereocenters. The lowest BCUT2D eigenvalue weighted by molar-refractivity contribution is -0.157. The molecular weight excluding hydrogens is 344 g/mol. The Morgan fingerprint density at radius 3 is 2.16 bits per heavy atom. The third kappa shape index (κ3) is 8.12. The van der Waals surface area contributed by atoms with Gasteiger partial charge in [0.25, 0.3) is 0 Å². The fourth-order valence-electron chi connectivity index (χ4n) is 1.97. The Bertz CT molecular complexity index is 633. The van der Waals surface area contributed by atoms with E-state index in [1.807, 2.05) is 0 Å². The van der Waals surface area contributed by atoms with Crippen molar-refractivity contribution < 1.29 is 19.1 Å². The number of ether oxygens (including phenoxy) is 2. The van der Waals surface area contributed by atoms with Crippen LogP contribution in [-0.2, 0) is 20.7 Å². The van der Waals surface area contributed by atoms with Crippen LogP contribution in [0.25, 0.3) is 0 Å². The third-order valence-electron chi connectivity index (χ3n) is 2.88. The minimum Gasteiger partial charge on any atom is -0.458 e. The first-order valence-corrected chi connectivity index (χ1v) is 8.41. The number of nitrogens with two attached hydrogens (primary N) is 1. The molecule has 1 rings (SSSR count). The summed E-state index contributed by atoms with van der Waals surface area (Å²) in [7, 11) is 0. The lowest BCUT2D eigenvalue weighted by Gasteiger charge is -2.26. The summed E-state index contributed by atoms with van der Waals surface area (Å²) in [4.78, 5) is 24.6. The second kappa shape index (κ2) is 7.95. The van der Waals surface area contributed by atoms with Gasteiger partial charge in [0.15, 0.2) is 0 Å². The van der Waals surface area contributed by atoms with Gasteiger partial charge in [-0.15, -0.1) is 0 Å². The standard InChI is InChI=1S/C18H27ClN2O4/c1-17(2,3)24-15(22)14(21-16(23)25-18(4,5)6)9-11-7-8-12(20)10-13(11)19/h7-8,10,14H,9,20H2,1-6H3,(H,21,23)/t14-/m0/s1. The molecule has 0 aliphatic heterocycles. The number of nitrogen functional groups attached to an aromatic ring is 1. The molecule has 0 spiro atoms. The molecule has 0 saturated heterocycles. The summed E-state index contributed by atoms with van der Waals surface area (Å²) in [6.45, 7) is 10.5. The van der Waals surface area contributed by atoms with Gasteiger partial charge in [0.2, 0.25) is 0 Å². The lowest BCUT2D eigenvalue weighted by Crippen LogP contribution is -2.47. The molecule has 0 bridgehead atoms. The number of alkyl carbamates (subject to hydrolysis) is 1. The Balaban J connectivity index is 2.98. The van der Waals surface area contributed by atoms with Crippen molar-refractivity contribution in [1.29, 1.82) is 0 Å². The number of hydrogen-bond acceptors (Lipinski definition) is 5. The maximum Gasteiger partial charge on any atom is 0.408 e. The van der Waals surface area contributed by atoms with Crippen molar-refractivity contribution in [2.24, 2.45) is 0 Å². The molecule has 1 aromatic carbocycles. The van der Waals surface area contributed by atoms with Crippen molar-refractivity contribution in [1.82, 2.24) is 5.32 Å². The van der Waals surface area contributed by atoms with Gasteiger partial charge in [-0.25, -0.2) is 9.59 Å². The zero-order chi connectivity index (χ0) is 19.4. The predicted octanol–water partition coefficient (Wildman–Crippen LogP) is 3.70. The van der Waals surface area contributed by atoms with Crippen LogP contribution in [0.4, 0.5) is 10.5 Å². The lowest BCUT2D eigenvalue weighted by atomic mass is 10.0. The third-order valence-corrected chi connectivity index (χ3v) is 3.24. The molecule has 1 aromatic rings. The van der Waals surface area contributed by atoms with Crippen LogP contribution >= 0.6 is 11.6 Å². The number of amides is 1. The largest absolute Gasteiger partial charge is 0.458 e. The predicted molar refractivity (Wildman–Crippen MR) is 98.6 cm³/mol. The summed E-state index contributed by atoms with van der Waals surface area (Å²) in [5, 5.41) is 2.98. The van der Waals surface area contributed by atoms with Crippen molar-refractivity contribution in [3.63, 3.8) is 0 Å². The zero-order valence-corrected chi connectivity index (χ0v) is 16.4. The Kier molecular flexibility index (Phi) is 6.71. The highest BCUT2D eigenvalue weighted by molar-refractivity contribution is 6.31. The molecule has 1 amide bonds. The van der Waals surface area contributed by atoms with Gasteiger partial charge in [-0.1, -0.05) is 17.7 Å². The van der Waals surface area contributed by atoms with E-state index in [1.165, 1.54) is 0 Å². The highest BCUT2D eigenvalue weighted by Crippen LogP contribution is 2.21. The average Bonchev–Trinajstić information content (AvgIpc) is 2.36. The maximum absolute atomic E-state index is 12.5. The van der Waals surface area contributed by atoms with Crippen LogP contribution < -0.4 is 11.1 Å². The molecule has 0 radical (unpaired) electrons. The second-order valence-corrected chi connectivity index (χ2v) is 8.19. The molecular formula is C18H27ClN2O4. The van der Waals surface area contributed by atoms with Crippen LogP contribution in [0.15, 0.2) is 18.2 Å². The van der Waals surface area contributed by atoms with Crippen LogP contribution in [0.5, 0.6) is 0 Å². The van der Waals surface area contributed by atoms with Crippen LogP contribution in [0.1, 0.15) is 47.1 Å². The molecule has 6 nitrogen and oxygen atoms in total. The smallest absolute Gasteiger partial charge is 0.408 e. The average molecular weight is 371 g/mol. The first kappa shape index (κ1) is 21.1. The Labute approximate surface area is 154 Å². The summed E-state index contributed by atoms with van der Waals surface area (Å²) in [5.74, 6) is -0.564. The normalized spacial score (nSPS) is 13.1. The van der Waals surface area contributed by atoms with Crippen molar-refractivity contribution in [2.75, 3.05) is 5.73 Å². The topological polar surface area (TPSA) is 90.6 Å². The van der Waals surface area contributed by atoms with Gasteiger partial charge in [-0.3, -0.25) is 0 Å². The van der Waals surface area contributed by atoms with E-state index < -0.39 is 29.3 Å². The molecule has 0 heterocycles. The van der Waals surface area contributed by atoms with Crippen molar-refractivity contribution in [3.05, 3.63) is 28.8 Å². The van der Waals surface area contributed by atoms with Crippen LogP contribution in [0.2, 0.25) is 5.02 Å². The first-order chi connectivity index (χ1) is 11.3. The van der Waals surface area contributed by atoms with E-state index in [0.717, 1.165) is 0 Å². The van der Waals surface area contributed by atoms with Crippen molar-refractivity contribution >= 4 is 29.4 Å². The number of anilines is 1. The van der Waals surface area contributed by atoms with Crippen molar-refractivity contribution in [3.8, 4) is 0 Å². The molecule has 0 aromatic heterocycles. The summed E-state index contributed by atoms with van der Waals surface area (Å²) >= 11 is 6.18. The Morgan fingerprint density at radius 2 is 1.68 bits per heavy atom. The first-order valence-electron chi connectivity index (χ1n) is 8.03. The van der Waals surface area contributed by atoms with Crippen LogP contribution in [0, 0.1) is 0 Å². The molecule has 0 aliphatic rings. The SMILES string of the molecule is CC(C)(C)OC(=O)N[C@@H](Cc1ccc(N)cc1Cl)C(=O)OC(C)(C)C. The molecule has 3 N–H and O–H groups in total. The van der Waals surface area contributed by atoms with E-state index in [9.17, 15) is 9.59 Å². The number of hydrogen-bond donors (Lipinski definition) is 2. The van der Waals surface area contributed by atoms with E-state index in [2.05, 4.69) is 5.32 Å². The van der Waals surface area contributed by atoms with E-state index >= 15 is 0 Å². The number of esters is 1. The van der Waals surface area contributed by atoms with E-state index in [-0.39, 0.29) is 6.42 Å². The fraction of sp³-hybridized carbons (Fsp3) is 0.556. The monoisotopic (exact) mass is 370 g/mol. The molecule has 0 saturated carbocycles. The number of halogens is 1. The van der Waals surface area contributed by atoms with Crippen LogP contribution in [-0.4, -0.2) is 29.3 Å². The second-order valence-electron chi connectivity index (χ2n) is 7.79. The van der Waals surface area contributed by atoms with Gasteiger partial charge in [-0.05, 0) is 59.2 Å². The van der Waals surface area contributed by atoms with Gasteiger partial charge >= 0.3 is 12.1 Å². The van der Waals surface area contributed by atoms with E-state index in [0.29, 0.717) is 16.3 Å². The van der Waals surface area contributed by atoms with Crippen LogP contribution in [0.3, 0.4) is 0 Å². The quantitative estimate of drug-likeness (QED) is 0.623. The molecule has 25 heavy (non-hydrogen) atoms. The highest BCUT2D eigenvalue weighted by Gasteiger charge is 2.29. The molecule has 0 fully saturated rings. The van der Waals surface area contributed by atoms with E-state index in [1.54, 1.807) is 59.7 Å². The van der Waals surface area contributed by atoms with Gasteiger partial charge in [0.05, 0.1) is 0 Å². The number of carbonyl (C=O) groups is 2. The molecule has 0 aliphatic carbocycles. The van der Waals surface area contributed by atoms with Gasteiger partial charge in [0.1, 0.15) is 17.2 Å². The number of rotatable bonds is 4. The summed E-state index contributed by atoms with van der Waals surface area (Å²) in [6.07, 6.45) is -0.539. The maximum atomic E-state index is 12.5. The molecule has 140 valence electrons.